The second-order valence-corrected chi connectivity index (χ2v) is 9.39. The normalized spacial score (nSPS) is 29.9. The molecule has 0 spiro atoms. The topological polar surface area (TPSA) is 99.1 Å². The van der Waals surface area contributed by atoms with E-state index < -0.39 is 23.8 Å². The van der Waals surface area contributed by atoms with Crippen molar-refractivity contribution >= 4 is 24.1 Å². The van der Waals surface area contributed by atoms with Crippen LogP contribution in [-0.2, 0) is 16.1 Å². The number of aliphatic hydroxyl groups excluding tert-OH is 1. The Morgan fingerprint density at radius 3 is 2.52 bits per heavy atom. The van der Waals surface area contributed by atoms with Crippen molar-refractivity contribution in [2.45, 2.75) is 52.7 Å². The minimum absolute atomic E-state index is 0.0128. The summed E-state index contributed by atoms with van der Waals surface area (Å²) in [6, 6.07) is 8.43. The predicted octanol–water partition coefficient (Wildman–Crippen LogP) is 2.53. The summed E-state index contributed by atoms with van der Waals surface area (Å²) in [4.78, 5) is 42.6. The van der Waals surface area contributed by atoms with E-state index in [9.17, 15) is 19.5 Å². The lowest BCUT2D eigenvalue weighted by atomic mass is 9.63. The molecule has 156 valence electrons. The number of amides is 4. The molecule has 2 fully saturated rings. The molecule has 1 saturated heterocycles. The highest BCUT2D eigenvalue weighted by atomic mass is 16.3. The summed E-state index contributed by atoms with van der Waals surface area (Å²) in [6.45, 7) is 6.84. The molecule has 0 bridgehead atoms. The first-order chi connectivity index (χ1) is 13.6. The molecule has 0 aromatic heterocycles. The van der Waals surface area contributed by atoms with E-state index in [1.165, 1.54) is 6.21 Å². The summed E-state index contributed by atoms with van der Waals surface area (Å²) >= 11 is 0. The number of rotatable bonds is 5. The van der Waals surface area contributed by atoms with Crippen LogP contribution in [0.15, 0.2) is 35.3 Å². The molecule has 2 N–H and O–H groups in total. The van der Waals surface area contributed by atoms with Gasteiger partial charge in [0.15, 0.2) is 5.92 Å². The zero-order valence-corrected chi connectivity index (χ0v) is 17.2. The van der Waals surface area contributed by atoms with Gasteiger partial charge in [0.2, 0.25) is 11.8 Å². The number of carbonyl (C=O) groups is 3. The molecular formula is C22H29N3O4. The first-order valence-electron chi connectivity index (χ1n) is 9.97. The van der Waals surface area contributed by atoms with Crippen LogP contribution in [0.2, 0.25) is 0 Å². The number of barbiturate groups is 1. The first kappa shape index (κ1) is 21.2. The molecule has 29 heavy (non-hydrogen) atoms. The standard InChI is InChI=1S/C22H29N3O4/c1-21(2)9-16(26)10-22(3,13-21)14-23-11-17-18(27)24-20(29)25(19(17)28)12-15-7-5-4-6-8-15/h4-8,11,16-17,26H,9-10,12-14H2,1-3H3,(H,24,27,29)/t16-,17?,22+/m1/s1. The van der Waals surface area contributed by atoms with E-state index in [1.54, 1.807) is 0 Å². The number of carbonyl (C=O) groups excluding carboxylic acids is 3. The molecule has 1 heterocycles. The van der Waals surface area contributed by atoms with Crippen molar-refractivity contribution in [2.75, 3.05) is 6.54 Å². The van der Waals surface area contributed by atoms with Crippen molar-refractivity contribution in [3.05, 3.63) is 35.9 Å². The Bertz CT molecular complexity index is 821. The highest BCUT2D eigenvalue weighted by Gasteiger charge is 2.42. The fourth-order valence-electron chi connectivity index (χ4n) is 4.76. The second-order valence-electron chi connectivity index (χ2n) is 9.39. The zero-order valence-electron chi connectivity index (χ0n) is 17.2. The number of nitrogens with one attached hydrogen (secondary N) is 1. The number of imide groups is 2. The van der Waals surface area contributed by atoms with E-state index in [1.807, 2.05) is 30.3 Å². The molecule has 1 aliphatic carbocycles. The highest BCUT2D eigenvalue weighted by molar-refractivity contribution is 6.23. The highest BCUT2D eigenvalue weighted by Crippen LogP contribution is 2.46. The largest absolute Gasteiger partial charge is 0.393 e. The second kappa shape index (κ2) is 8.06. The van der Waals surface area contributed by atoms with E-state index in [4.69, 9.17) is 0 Å². The minimum atomic E-state index is -1.12. The summed E-state index contributed by atoms with van der Waals surface area (Å²) in [7, 11) is 0. The molecule has 3 rings (SSSR count). The molecule has 1 unspecified atom stereocenters. The van der Waals surface area contributed by atoms with Crippen LogP contribution in [0.3, 0.4) is 0 Å². The molecule has 1 saturated carbocycles. The van der Waals surface area contributed by atoms with Gasteiger partial charge in [-0.25, -0.2) is 4.79 Å². The number of hydrogen-bond acceptors (Lipinski definition) is 5. The van der Waals surface area contributed by atoms with E-state index in [-0.39, 0.29) is 23.5 Å². The van der Waals surface area contributed by atoms with Gasteiger partial charge in [-0.3, -0.25) is 24.8 Å². The van der Waals surface area contributed by atoms with Crippen LogP contribution < -0.4 is 5.32 Å². The van der Waals surface area contributed by atoms with Gasteiger partial charge < -0.3 is 5.11 Å². The summed E-state index contributed by atoms with van der Waals surface area (Å²) in [5.41, 5.74) is 0.608. The van der Waals surface area contributed by atoms with E-state index >= 15 is 0 Å². The minimum Gasteiger partial charge on any atom is -0.393 e. The Hall–Kier alpha value is -2.54. The predicted molar refractivity (Wildman–Crippen MR) is 109 cm³/mol. The molecule has 7 nitrogen and oxygen atoms in total. The molecule has 2 aliphatic rings. The lowest BCUT2D eigenvalue weighted by Crippen LogP contribution is -2.57. The third-order valence-corrected chi connectivity index (χ3v) is 5.62. The van der Waals surface area contributed by atoms with Gasteiger partial charge in [0, 0.05) is 12.8 Å². The van der Waals surface area contributed by atoms with E-state index in [2.05, 4.69) is 31.1 Å². The lowest BCUT2D eigenvalue weighted by molar-refractivity contribution is -0.139. The van der Waals surface area contributed by atoms with Gasteiger partial charge in [-0.15, -0.1) is 0 Å². The average Bonchev–Trinajstić information content (AvgIpc) is 2.60. The van der Waals surface area contributed by atoms with Gasteiger partial charge in [-0.1, -0.05) is 51.1 Å². The lowest BCUT2D eigenvalue weighted by Gasteiger charge is -2.44. The number of hydrogen-bond donors (Lipinski definition) is 2. The maximum absolute atomic E-state index is 12.8. The quantitative estimate of drug-likeness (QED) is 0.587. The summed E-state index contributed by atoms with van der Waals surface area (Å²) in [5.74, 6) is -2.34. The zero-order chi connectivity index (χ0) is 21.2. The van der Waals surface area contributed by atoms with Crippen LogP contribution in [0.1, 0.15) is 45.6 Å². The SMILES string of the molecule is CC1(C)C[C@@H](O)C[C@](C)(CN=CC2C(=O)NC(=O)N(Cc3ccccc3)C2=O)C1. The van der Waals surface area contributed by atoms with Gasteiger partial charge in [0.1, 0.15) is 0 Å². The van der Waals surface area contributed by atoms with Gasteiger partial charge in [0.05, 0.1) is 12.6 Å². The van der Waals surface area contributed by atoms with Crippen molar-refractivity contribution in [3.63, 3.8) is 0 Å². The van der Waals surface area contributed by atoms with Gasteiger partial charge >= 0.3 is 6.03 Å². The van der Waals surface area contributed by atoms with Crippen molar-refractivity contribution in [2.24, 2.45) is 21.7 Å². The van der Waals surface area contributed by atoms with Crippen molar-refractivity contribution in [1.29, 1.82) is 0 Å². The Labute approximate surface area is 171 Å². The summed E-state index contributed by atoms with van der Waals surface area (Å²) in [6.07, 6.45) is 3.26. The third-order valence-electron chi connectivity index (χ3n) is 5.62. The molecule has 3 atom stereocenters. The van der Waals surface area contributed by atoms with Crippen LogP contribution in [0.25, 0.3) is 0 Å². The molecule has 1 aromatic carbocycles. The van der Waals surface area contributed by atoms with Crippen molar-refractivity contribution in [1.82, 2.24) is 10.2 Å². The maximum atomic E-state index is 12.8. The molecule has 1 aromatic rings. The number of aliphatic imine (C=N–C) groups is 1. The Kier molecular flexibility index (Phi) is 5.89. The molecule has 4 amide bonds. The van der Waals surface area contributed by atoms with Crippen molar-refractivity contribution in [3.8, 4) is 0 Å². The molecule has 7 heteroatoms. The number of aliphatic hydroxyl groups is 1. The van der Waals surface area contributed by atoms with Crippen LogP contribution >= 0.6 is 0 Å². The van der Waals surface area contributed by atoms with E-state index in [0.29, 0.717) is 13.0 Å². The van der Waals surface area contributed by atoms with Gasteiger partial charge in [-0.05, 0) is 35.7 Å². The van der Waals surface area contributed by atoms with Crippen LogP contribution in [0.4, 0.5) is 4.79 Å². The number of urea groups is 1. The maximum Gasteiger partial charge on any atom is 0.331 e. The van der Waals surface area contributed by atoms with E-state index in [0.717, 1.165) is 23.3 Å². The van der Waals surface area contributed by atoms with Gasteiger partial charge in [-0.2, -0.15) is 0 Å². The monoisotopic (exact) mass is 399 g/mol. The summed E-state index contributed by atoms with van der Waals surface area (Å²) in [5, 5.41) is 12.4. The fraction of sp³-hybridized carbons (Fsp3) is 0.545. The molecule has 1 aliphatic heterocycles. The van der Waals surface area contributed by atoms with Crippen molar-refractivity contribution < 1.29 is 19.5 Å². The Morgan fingerprint density at radius 2 is 1.86 bits per heavy atom. The fourth-order valence-corrected chi connectivity index (χ4v) is 4.76. The molecular weight excluding hydrogens is 370 g/mol. The third kappa shape index (κ3) is 5.09. The Balaban J connectivity index is 1.69. The number of nitrogens with zero attached hydrogens (tertiary/aromatic N) is 2. The smallest absolute Gasteiger partial charge is 0.331 e. The first-order valence-corrected chi connectivity index (χ1v) is 9.97. The van der Waals surface area contributed by atoms with Gasteiger partial charge in [0.25, 0.3) is 0 Å². The summed E-state index contributed by atoms with van der Waals surface area (Å²) < 4.78 is 0. The molecule has 0 radical (unpaired) electrons. The Morgan fingerprint density at radius 1 is 1.17 bits per heavy atom. The van der Waals surface area contributed by atoms with Crippen LogP contribution in [-0.4, -0.2) is 46.7 Å². The van der Waals surface area contributed by atoms with Crippen LogP contribution in [0, 0.1) is 16.7 Å². The van der Waals surface area contributed by atoms with Crippen LogP contribution in [0.5, 0.6) is 0 Å². The average molecular weight is 399 g/mol. The number of benzene rings is 1.